The smallest absolute Gasteiger partial charge is 0.143 e. The number of hydrogen-bond acceptors (Lipinski definition) is 3. The highest BCUT2D eigenvalue weighted by Crippen LogP contribution is 2.43. The van der Waals surface area contributed by atoms with Gasteiger partial charge in [-0.15, -0.1) is 11.3 Å². The molecule has 2 nitrogen and oxygen atoms in total. The largest absolute Gasteiger partial charge is 0.243 e. The Bertz CT molecular complexity index is 497. The third-order valence-corrected chi connectivity index (χ3v) is 3.68. The van der Waals surface area contributed by atoms with Gasteiger partial charge in [0.1, 0.15) is 10.3 Å². The molecule has 2 aromatic heterocycles. The monoisotopic (exact) mass is 218 g/mol. The maximum atomic E-state index is 4.66. The third-order valence-electron chi connectivity index (χ3n) is 2.96. The molecule has 1 aliphatic rings. The maximum Gasteiger partial charge on any atom is 0.143 e. The summed E-state index contributed by atoms with van der Waals surface area (Å²) in [5.41, 5.74) is 5.71. The van der Waals surface area contributed by atoms with Crippen LogP contribution < -0.4 is 0 Å². The predicted octanol–water partition coefficient (Wildman–Crippen LogP) is 3.69. The van der Waals surface area contributed by atoms with Crippen molar-refractivity contribution in [1.29, 1.82) is 0 Å². The van der Waals surface area contributed by atoms with Gasteiger partial charge in [0.15, 0.2) is 0 Å². The second kappa shape index (κ2) is 3.27. The first-order chi connectivity index (χ1) is 7.25. The highest BCUT2D eigenvalue weighted by atomic mass is 32.1. The van der Waals surface area contributed by atoms with E-state index < -0.39 is 0 Å². The van der Waals surface area contributed by atoms with Crippen molar-refractivity contribution in [2.24, 2.45) is 0 Å². The van der Waals surface area contributed by atoms with E-state index in [9.17, 15) is 0 Å². The minimum atomic E-state index is 0.508. The number of nitrogens with zero attached hydrogens (tertiary/aromatic N) is 2. The molecule has 1 saturated carbocycles. The van der Waals surface area contributed by atoms with Crippen LogP contribution >= 0.6 is 11.3 Å². The van der Waals surface area contributed by atoms with E-state index in [1.54, 1.807) is 11.3 Å². The lowest BCUT2D eigenvalue weighted by Gasteiger charge is -2.07. The van der Waals surface area contributed by atoms with Crippen molar-refractivity contribution >= 4 is 21.7 Å². The van der Waals surface area contributed by atoms with Crippen molar-refractivity contribution in [3.8, 4) is 0 Å². The summed E-state index contributed by atoms with van der Waals surface area (Å²) in [6, 6.07) is 2.27. The summed E-state index contributed by atoms with van der Waals surface area (Å²) in [6.07, 6.45) is 2.66. The van der Waals surface area contributed by atoms with E-state index in [1.807, 2.05) is 5.51 Å². The lowest BCUT2D eigenvalue weighted by Crippen LogP contribution is -1.95. The molecular formula is C12H14N2S. The first kappa shape index (κ1) is 9.28. The molecule has 78 valence electrons. The zero-order valence-electron chi connectivity index (χ0n) is 9.03. The molecule has 2 heterocycles. The highest BCUT2D eigenvalue weighted by molar-refractivity contribution is 7.16. The van der Waals surface area contributed by atoms with Gasteiger partial charge in [-0.2, -0.15) is 0 Å². The van der Waals surface area contributed by atoms with Gasteiger partial charge >= 0.3 is 0 Å². The molecule has 1 aliphatic carbocycles. The zero-order chi connectivity index (χ0) is 10.4. The normalized spacial score (nSPS) is 16.5. The molecule has 0 aromatic carbocycles. The highest BCUT2D eigenvalue weighted by Gasteiger charge is 2.27. The number of hydrogen-bond donors (Lipinski definition) is 0. The summed E-state index contributed by atoms with van der Waals surface area (Å²) in [7, 11) is 0. The van der Waals surface area contributed by atoms with Gasteiger partial charge in [0.25, 0.3) is 0 Å². The zero-order valence-corrected chi connectivity index (χ0v) is 9.84. The van der Waals surface area contributed by atoms with Crippen LogP contribution in [0.2, 0.25) is 0 Å². The summed E-state index contributed by atoms with van der Waals surface area (Å²) >= 11 is 1.66. The second-order valence-electron chi connectivity index (χ2n) is 4.57. The van der Waals surface area contributed by atoms with Crippen molar-refractivity contribution < 1.29 is 0 Å². The van der Waals surface area contributed by atoms with E-state index in [0.29, 0.717) is 5.92 Å². The van der Waals surface area contributed by atoms with Crippen LogP contribution in [0.15, 0.2) is 11.6 Å². The van der Waals surface area contributed by atoms with Crippen molar-refractivity contribution in [1.82, 2.24) is 9.97 Å². The quantitative estimate of drug-likeness (QED) is 0.768. The first-order valence-electron chi connectivity index (χ1n) is 5.49. The van der Waals surface area contributed by atoms with Gasteiger partial charge in [0.05, 0.1) is 5.51 Å². The van der Waals surface area contributed by atoms with Crippen LogP contribution in [0.25, 0.3) is 10.3 Å². The van der Waals surface area contributed by atoms with Gasteiger partial charge in [0.2, 0.25) is 0 Å². The summed E-state index contributed by atoms with van der Waals surface area (Å²) in [4.78, 5) is 10.2. The lowest BCUT2D eigenvalue weighted by molar-refractivity contribution is 0.826. The van der Waals surface area contributed by atoms with E-state index in [0.717, 1.165) is 16.3 Å². The van der Waals surface area contributed by atoms with Gasteiger partial charge in [-0.1, -0.05) is 13.8 Å². The molecule has 0 spiro atoms. The SMILES string of the molecule is CC(C)c1cc(C2CC2)c2ncsc2n1. The molecule has 3 rings (SSSR count). The number of aromatic nitrogens is 2. The number of fused-ring (bicyclic) bond motifs is 1. The lowest BCUT2D eigenvalue weighted by atomic mass is 10.0. The predicted molar refractivity (Wildman–Crippen MR) is 63.5 cm³/mol. The summed E-state index contributed by atoms with van der Waals surface area (Å²) in [5.74, 6) is 1.27. The minimum Gasteiger partial charge on any atom is -0.243 e. The molecule has 3 heteroatoms. The van der Waals surface area contributed by atoms with Crippen molar-refractivity contribution in [2.45, 2.75) is 38.5 Å². The summed E-state index contributed by atoms with van der Waals surface area (Å²) in [5, 5.41) is 0. The van der Waals surface area contributed by atoms with Crippen molar-refractivity contribution in [2.75, 3.05) is 0 Å². The van der Waals surface area contributed by atoms with E-state index in [-0.39, 0.29) is 0 Å². The van der Waals surface area contributed by atoms with E-state index in [1.165, 1.54) is 24.1 Å². The Kier molecular flexibility index (Phi) is 2.02. The molecule has 0 unspecified atom stereocenters. The number of pyridine rings is 1. The van der Waals surface area contributed by atoms with E-state index >= 15 is 0 Å². The van der Waals surface area contributed by atoms with Crippen molar-refractivity contribution in [3.63, 3.8) is 0 Å². The molecule has 0 saturated heterocycles. The Balaban J connectivity index is 2.24. The molecule has 0 aliphatic heterocycles. The molecule has 0 bridgehead atoms. The van der Waals surface area contributed by atoms with E-state index in [2.05, 4.69) is 29.9 Å². The van der Waals surface area contributed by atoms with Gasteiger partial charge < -0.3 is 0 Å². The van der Waals surface area contributed by atoms with Crippen LogP contribution in [-0.2, 0) is 0 Å². The maximum absolute atomic E-state index is 4.66. The minimum absolute atomic E-state index is 0.508. The summed E-state index contributed by atoms with van der Waals surface area (Å²) < 4.78 is 0. The Hall–Kier alpha value is -0.960. The first-order valence-corrected chi connectivity index (χ1v) is 6.37. The molecule has 0 atom stereocenters. The van der Waals surface area contributed by atoms with Crippen LogP contribution in [0.4, 0.5) is 0 Å². The molecule has 1 fully saturated rings. The standard InChI is InChI=1S/C12H14N2S/c1-7(2)10-5-9(8-3-4-8)11-12(14-10)15-6-13-11/h5-8H,3-4H2,1-2H3. The van der Waals surface area contributed by atoms with Crippen LogP contribution in [0.3, 0.4) is 0 Å². The Morgan fingerprint density at radius 1 is 1.40 bits per heavy atom. The average molecular weight is 218 g/mol. The molecule has 0 radical (unpaired) electrons. The topological polar surface area (TPSA) is 25.8 Å². The van der Waals surface area contributed by atoms with Gasteiger partial charge in [0, 0.05) is 5.69 Å². The fourth-order valence-corrected chi connectivity index (χ4v) is 2.59. The van der Waals surface area contributed by atoms with Crippen LogP contribution in [-0.4, -0.2) is 9.97 Å². The Morgan fingerprint density at radius 3 is 2.87 bits per heavy atom. The second-order valence-corrected chi connectivity index (χ2v) is 5.40. The fraction of sp³-hybridized carbons (Fsp3) is 0.500. The Labute approximate surface area is 93.4 Å². The van der Waals surface area contributed by atoms with Crippen LogP contribution in [0, 0.1) is 0 Å². The molecule has 15 heavy (non-hydrogen) atoms. The average Bonchev–Trinajstić information content (AvgIpc) is 2.94. The molecule has 0 amide bonds. The Morgan fingerprint density at radius 2 is 2.20 bits per heavy atom. The molecular weight excluding hydrogens is 204 g/mol. The van der Waals surface area contributed by atoms with Crippen LogP contribution in [0.1, 0.15) is 49.8 Å². The number of thiazole rings is 1. The van der Waals surface area contributed by atoms with Crippen molar-refractivity contribution in [3.05, 3.63) is 22.8 Å². The van der Waals surface area contributed by atoms with Gasteiger partial charge in [-0.05, 0) is 36.3 Å². The fourth-order valence-electron chi connectivity index (χ4n) is 1.90. The van der Waals surface area contributed by atoms with Gasteiger partial charge in [-0.25, -0.2) is 9.97 Å². The van der Waals surface area contributed by atoms with E-state index in [4.69, 9.17) is 0 Å². The summed E-state index contributed by atoms with van der Waals surface area (Å²) in [6.45, 7) is 4.40. The molecule has 0 N–H and O–H groups in total. The number of rotatable bonds is 2. The molecule has 2 aromatic rings. The third kappa shape index (κ3) is 1.55. The van der Waals surface area contributed by atoms with Crippen LogP contribution in [0.5, 0.6) is 0 Å². The van der Waals surface area contributed by atoms with Gasteiger partial charge in [-0.3, -0.25) is 0 Å².